The van der Waals surface area contributed by atoms with Crippen LogP contribution in [0.2, 0.25) is 25.7 Å². The fraction of sp³-hybridized carbons (Fsp3) is 0.611. The van der Waals surface area contributed by atoms with Crippen LogP contribution in [-0.4, -0.2) is 38.5 Å². The molecule has 132 valence electrons. The Labute approximate surface area is 144 Å². The highest BCUT2D eigenvalue weighted by Gasteiger charge is 2.28. The van der Waals surface area contributed by atoms with Gasteiger partial charge in [-0.15, -0.1) is 0 Å². The molecule has 24 heavy (non-hydrogen) atoms. The van der Waals surface area contributed by atoms with E-state index in [4.69, 9.17) is 14.2 Å². The molecule has 0 saturated heterocycles. The Hall–Kier alpha value is -1.53. The molecule has 1 saturated carbocycles. The summed E-state index contributed by atoms with van der Waals surface area (Å²) in [4.78, 5) is 4.52. The molecule has 0 aromatic carbocycles. The van der Waals surface area contributed by atoms with E-state index >= 15 is 0 Å². The smallest absolute Gasteiger partial charge is 0.238 e. The molecule has 0 amide bonds. The van der Waals surface area contributed by atoms with Gasteiger partial charge in [-0.25, -0.2) is 4.98 Å². The van der Waals surface area contributed by atoms with Crippen molar-refractivity contribution >= 4 is 19.0 Å². The van der Waals surface area contributed by atoms with Crippen LogP contribution in [-0.2, 0) is 11.5 Å². The summed E-state index contributed by atoms with van der Waals surface area (Å²) in [5.41, 5.74) is 2.27. The predicted molar refractivity (Wildman–Crippen MR) is 98.9 cm³/mol. The molecule has 1 fully saturated rings. The lowest BCUT2D eigenvalue weighted by Gasteiger charge is -2.17. The third-order valence-corrected chi connectivity index (χ3v) is 6.23. The maximum absolute atomic E-state index is 5.95. The first-order valence-corrected chi connectivity index (χ1v) is 12.3. The van der Waals surface area contributed by atoms with E-state index in [1.54, 1.807) is 14.2 Å². The lowest BCUT2D eigenvalue weighted by Crippen LogP contribution is -2.22. The van der Waals surface area contributed by atoms with Gasteiger partial charge in [0.15, 0.2) is 5.88 Å². The molecule has 3 rings (SSSR count). The second-order valence-corrected chi connectivity index (χ2v) is 13.3. The topological polar surface area (TPSA) is 45.5 Å². The van der Waals surface area contributed by atoms with Crippen molar-refractivity contribution in [2.75, 3.05) is 20.8 Å². The standard InChI is InChI=1S/C18H28N2O3Si/c1-21-16-10-14-15(13-6-7-13)11-19-18(22-2)17(14)20(16)12-23-8-9-24(3,4)5/h10-11,13H,6-9,12H2,1-5H3. The lowest BCUT2D eigenvalue weighted by atomic mass is 10.1. The van der Waals surface area contributed by atoms with Crippen LogP contribution >= 0.6 is 0 Å². The first-order chi connectivity index (χ1) is 11.4. The van der Waals surface area contributed by atoms with Crippen LogP contribution < -0.4 is 9.47 Å². The summed E-state index contributed by atoms with van der Waals surface area (Å²) < 4.78 is 19.1. The Balaban J connectivity index is 1.91. The van der Waals surface area contributed by atoms with Gasteiger partial charge < -0.3 is 14.2 Å². The van der Waals surface area contributed by atoms with E-state index in [-0.39, 0.29) is 0 Å². The average molecular weight is 349 g/mol. The van der Waals surface area contributed by atoms with Crippen LogP contribution in [0.5, 0.6) is 11.8 Å². The lowest BCUT2D eigenvalue weighted by molar-refractivity contribution is 0.0844. The monoisotopic (exact) mass is 348 g/mol. The summed E-state index contributed by atoms with van der Waals surface area (Å²) in [7, 11) is 2.27. The molecule has 0 spiro atoms. The molecule has 0 atom stereocenters. The SMILES string of the molecule is COc1ncc(C2CC2)c2cc(OC)n(COCC[Si](C)(C)C)c12. The van der Waals surface area contributed by atoms with Gasteiger partial charge in [0.25, 0.3) is 0 Å². The molecular weight excluding hydrogens is 320 g/mol. The molecule has 5 nitrogen and oxygen atoms in total. The first-order valence-electron chi connectivity index (χ1n) is 8.62. The molecule has 6 heteroatoms. The molecule has 1 aliphatic carbocycles. The number of rotatable bonds is 8. The van der Waals surface area contributed by atoms with Gasteiger partial charge in [-0.3, -0.25) is 4.57 Å². The Morgan fingerprint density at radius 2 is 1.96 bits per heavy atom. The number of hydrogen-bond donors (Lipinski definition) is 0. The van der Waals surface area contributed by atoms with Crippen molar-refractivity contribution in [1.29, 1.82) is 0 Å². The van der Waals surface area contributed by atoms with E-state index in [0.29, 0.717) is 18.5 Å². The van der Waals surface area contributed by atoms with E-state index < -0.39 is 8.07 Å². The van der Waals surface area contributed by atoms with E-state index in [1.807, 2.05) is 10.8 Å². The average Bonchev–Trinajstić information content (AvgIpc) is 3.31. The Kier molecular flexibility index (Phi) is 4.87. The normalized spacial score (nSPS) is 15.0. The quantitative estimate of drug-likeness (QED) is 0.529. The number of aromatic nitrogens is 2. The minimum atomic E-state index is -1.09. The minimum absolute atomic E-state index is 0.462. The molecule has 2 heterocycles. The fourth-order valence-corrected chi connectivity index (χ4v) is 3.69. The van der Waals surface area contributed by atoms with Crippen molar-refractivity contribution in [2.24, 2.45) is 0 Å². The molecule has 0 bridgehead atoms. The number of methoxy groups -OCH3 is 2. The summed E-state index contributed by atoms with van der Waals surface area (Å²) in [6.45, 7) is 8.31. The third kappa shape index (κ3) is 3.59. The molecule has 1 aliphatic rings. The summed E-state index contributed by atoms with van der Waals surface area (Å²) >= 11 is 0. The number of nitrogens with zero attached hydrogens (tertiary/aromatic N) is 2. The highest BCUT2D eigenvalue weighted by atomic mass is 28.3. The second-order valence-electron chi connectivity index (χ2n) is 7.72. The Morgan fingerprint density at radius 3 is 2.54 bits per heavy atom. The Morgan fingerprint density at radius 1 is 1.21 bits per heavy atom. The van der Waals surface area contributed by atoms with Crippen LogP contribution in [0.4, 0.5) is 0 Å². The Bertz CT molecular complexity index is 717. The van der Waals surface area contributed by atoms with Crippen LogP contribution in [0.3, 0.4) is 0 Å². The summed E-state index contributed by atoms with van der Waals surface area (Å²) in [6.07, 6.45) is 4.43. The van der Waals surface area contributed by atoms with E-state index in [2.05, 4.69) is 30.7 Å². The van der Waals surface area contributed by atoms with E-state index in [9.17, 15) is 0 Å². The number of pyridine rings is 1. The fourth-order valence-electron chi connectivity index (χ4n) is 2.94. The summed E-state index contributed by atoms with van der Waals surface area (Å²) in [5, 5.41) is 1.18. The van der Waals surface area contributed by atoms with Crippen molar-refractivity contribution in [1.82, 2.24) is 9.55 Å². The van der Waals surface area contributed by atoms with Gasteiger partial charge in [-0.2, -0.15) is 0 Å². The molecule has 0 N–H and O–H groups in total. The van der Waals surface area contributed by atoms with Crippen LogP contribution in [0.25, 0.3) is 10.9 Å². The van der Waals surface area contributed by atoms with Gasteiger partial charge in [0.05, 0.1) is 14.2 Å². The second kappa shape index (κ2) is 6.76. The van der Waals surface area contributed by atoms with E-state index in [0.717, 1.165) is 24.0 Å². The van der Waals surface area contributed by atoms with Gasteiger partial charge in [-0.1, -0.05) is 19.6 Å². The highest BCUT2D eigenvalue weighted by Crippen LogP contribution is 2.45. The van der Waals surface area contributed by atoms with Crippen molar-refractivity contribution in [3.8, 4) is 11.8 Å². The largest absolute Gasteiger partial charge is 0.482 e. The van der Waals surface area contributed by atoms with Crippen molar-refractivity contribution in [2.45, 2.75) is 51.2 Å². The molecular formula is C18H28N2O3Si. The van der Waals surface area contributed by atoms with Crippen molar-refractivity contribution in [3.63, 3.8) is 0 Å². The molecule has 0 radical (unpaired) electrons. The van der Waals surface area contributed by atoms with Crippen LogP contribution in [0.15, 0.2) is 12.3 Å². The van der Waals surface area contributed by atoms with Gasteiger partial charge in [0, 0.05) is 32.3 Å². The maximum atomic E-state index is 5.95. The van der Waals surface area contributed by atoms with Crippen molar-refractivity contribution < 1.29 is 14.2 Å². The number of fused-ring (bicyclic) bond motifs is 1. The number of ether oxygens (including phenoxy) is 3. The van der Waals surface area contributed by atoms with Crippen molar-refractivity contribution in [3.05, 3.63) is 17.8 Å². The highest BCUT2D eigenvalue weighted by molar-refractivity contribution is 6.76. The van der Waals surface area contributed by atoms with Gasteiger partial charge >= 0.3 is 0 Å². The van der Waals surface area contributed by atoms with E-state index in [1.165, 1.54) is 23.8 Å². The van der Waals surface area contributed by atoms with Gasteiger partial charge in [0.1, 0.15) is 12.2 Å². The zero-order valence-corrected chi connectivity index (χ0v) is 16.4. The van der Waals surface area contributed by atoms with Crippen LogP contribution in [0, 0.1) is 0 Å². The predicted octanol–water partition coefficient (Wildman–Crippen LogP) is 4.24. The third-order valence-electron chi connectivity index (χ3n) is 4.53. The molecule has 0 unspecified atom stereocenters. The first kappa shape index (κ1) is 17.3. The summed E-state index contributed by atoms with van der Waals surface area (Å²) in [6, 6.07) is 3.24. The molecule has 2 aromatic heterocycles. The maximum Gasteiger partial charge on any atom is 0.238 e. The zero-order valence-electron chi connectivity index (χ0n) is 15.4. The number of hydrogen-bond acceptors (Lipinski definition) is 4. The van der Waals surface area contributed by atoms with Crippen LogP contribution in [0.1, 0.15) is 24.3 Å². The zero-order chi connectivity index (χ0) is 17.3. The minimum Gasteiger partial charge on any atom is -0.482 e. The van der Waals surface area contributed by atoms with Gasteiger partial charge in [-0.05, 0) is 30.4 Å². The van der Waals surface area contributed by atoms with Gasteiger partial charge in [0.2, 0.25) is 5.88 Å². The molecule has 0 aliphatic heterocycles. The summed E-state index contributed by atoms with van der Waals surface area (Å²) in [5.74, 6) is 2.05. The molecule has 2 aromatic rings.